The maximum absolute atomic E-state index is 9.28. The van der Waals surface area contributed by atoms with E-state index in [-0.39, 0.29) is 6.04 Å². The Morgan fingerprint density at radius 3 is 2.78 bits per heavy atom. The Hall–Kier alpha value is -2.99. The summed E-state index contributed by atoms with van der Waals surface area (Å²) in [6.45, 7) is 4.66. The van der Waals surface area contributed by atoms with Gasteiger partial charge in [-0.15, -0.1) is 0 Å². The van der Waals surface area contributed by atoms with Crippen LogP contribution in [0.5, 0.6) is 0 Å². The summed E-state index contributed by atoms with van der Waals surface area (Å²) >= 11 is 0. The minimum absolute atomic E-state index is 0.222. The molecule has 9 nitrogen and oxygen atoms in total. The number of aromatic nitrogens is 4. The van der Waals surface area contributed by atoms with Crippen molar-refractivity contribution in [3.63, 3.8) is 0 Å². The summed E-state index contributed by atoms with van der Waals surface area (Å²) in [7, 11) is 0. The first-order valence-electron chi connectivity index (χ1n) is 9.22. The molecular formula is C18H22N8O. The molecule has 2 aliphatic heterocycles. The molecule has 140 valence electrons. The van der Waals surface area contributed by atoms with Crippen LogP contribution in [0.3, 0.4) is 0 Å². The number of nitrogens with one attached hydrogen (secondary N) is 1. The zero-order valence-corrected chi connectivity index (χ0v) is 15.1. The highest BCUT2D eigenvalue weighted by Gasteiger charge is 2.24. The van der Waals surface area contributed by atoms with Gasteiger partial charge in [0.25, 0.3) is 0 Å². The van der Waals surface area contributed by atoms with Crippen molar-refractivity contribution >= 4 is 17.6 Å². The monoisotopic (exact) mass is 366 g/mol. The van der Waals surface area contributed by atoms with Gasteiger partial charge in [-0.2, -0.15) is 10.2 Å². The van der Waals surface area contributed by atoms with Crippen LogP contribution < -0.4 is 15.1 Å². The third-order valence-corrected chi connectivity index (χ3v) is 4.79. The molecule has 2 fully saturated rings. The number of hydrogen-bond donors (Lipinski definition) is 1. The average molecular weight is 366 g/mol. The van der Waals surface area contributed by atoms with Crippen molar-refractivity contribution in [3.05, 3.63) is 30.4 Å². The molecule has 1 N–H and O–H groups in total. The minimum atomic E-state index is 0.222. The molecule has 0 bridgehead atoms. The van der Waals surface area contributed by atoms with Crippen LogP contribution in [0.1, 0.15) is 18.5 Å². The van der Waals surface area contributed by atoms with Crippen LogP contribution in [0, 0.1) is 11.3 Å². The molecule has 2 aromatic heterocycles. The van der Waals surface area contributed by atoms with E-state index >= 15 is 0 Å². The van der Waals surface area contributed by atoms with E-state index in [1.807, 2.05) is 6.07 Å². The molecule has 0 amide bonds. The smallest absolute Gasteiger partial charge is 0.227 e. The first kappa shape index (κ1) is 17.4. The Morgan fingerprint density at radius 2 is 1.93 bits per heavy atom. The highest BCUT2D eigenvalue weighted by molar-refractivity contribution is 5.51. The summed E-state index contributed by atoms with van der Waals surface area (Å²) in [5.41, 5.74) is 0.370. The summed E-state index contributed by atoms with van der Waals surface area (Å²) in [5, 5.41) is 12.8. The SMILES string of the molecule is N#Cc1nccnc1N1CCCC(Nc2ccnc(N3CCOCC3)n2)C1. The molecule has 4 rings (SSSR count). The maximum atomic E-state index is 9.28. The zero-order valence-electron chi connectivity index (χ0n) is 15.1. The molecule has 27 heavy (non-hydrogen) atoms. The van der Waals surface area contributed by atoms with Gasteiger partial charge < -0.3 is 19.9 Å². The second-order valence-corrected chi connectivity index (χ2v) is 6.61. The van der Waals surface area contributed by atoms with Crippen molar-refractivity contribution in [2.24, 2.45) is 0 Å². The van der Waals surface area contributed by atoms with E-state index in [1.54, 1.807) is 18.6 Å². The summed E-state index contributed by atoms with van der Waals surface area (Å²) < 4.78 is 5.39. The number of ether oxygens (including phenoxy) is 1. The van der Waals surface area contributed by atoms with Gasteiger partial charge in [-0.25, -0.2) is 15.0 Å². The Bertz CT molecular complexity index is 817. The molecule has 0 saturated carbocycles. The van der Waals surface area contributed by atoms with Crippen LogP contribution >= 0.6 is 0 Å². The molecular weight excluding hydrogens is 344 g/mol. The zero-order chi connectivity index (χ0) is 18.5. The molecule has 9 heteroatoms. The molecule has 2 aliphatic rings. The van der Waals surface area contributed by atoms with Crippen molar-refractivity contribution < 1.29 is 4.74 Å². The lowest BCUT2D eigenvalue weighted by atomic mass is 10.1. The van der Waals surface area contributed by atoms with Crippen LogP contribution in [-0.4, -0.2) is 65.4 Å². The summed E-state index contributed by atoms with van der Waals surface area (Å²) in [4.78, 5) is 21.8. The van der Waals surface area contributed by atoms with Crippen LogP contribution in [-0.2, 0) is 4.74 Å². The lowest BCUT2D eigenvalue weighted by Gasteiger charge is -2.34. The number of rotatable bonds is 4. The van der Waals surface area contributed by atoms with E-state index in [9.17, 15) is 5.26 Å². The molecule has 0 radical (unpaired) electrons. The van der Waals surface area contributed by atoms with Crippen LogP contribution in [0.15, 0.2) is 24.7 Å². The Kier molecular flexibility index (Phi) is 5.25. The number of nitrogens with zero attached hydrogens (tertiary/aromatic N) is 7. The van der Waals surface area contributed by atoms with Gasteiger partial charge in [0, 0.05) is 50.8 Å². The van der Waals surface area contributed by atoms with Crippen molar-refractivity contribution in [2.75, 3.05) is 54.5 Å². The fraction of sp³-hybridized carbons (Fsp3) is 0.500. The highest BCUT2D eigenvalue weighted by atomic mass is 16.5. The fourth-order valence-electron chi connectivity index (χ4n) is 3.48. The van der Waals surface area contributed by atoms with E-state index in [1.165, 1.54) is 0 Å². The Morgan fingerprint density at radius 1 is 1.07 bits per heavy atom. The maximum Gasteiger partial charge on any atom is 0.227 e. The molecule has 2 saturated heterocycles. The summed E-state index contributed by atoms with van der Waals surface area (Å²) in [6.07, 6.45) is 7.02. The van der Waals surface area contributed by atoms with Gasteiger partial charge in [-0.05, 0) is 18.9 Å². The van der Waals surface area contributed by atoms with Gasteiger partial charge in [0.2, 0.25) is 5.95 Å². The highest BCUT2D eigenvalue weighted by Crippen LogP contribution is 2.22. The Balaban J connectivity index is 1.44. The van der Waals surface area contributed by atoms with Gasteiger partial charge in [0.15, 0.2) is 11.5 Å². The largest absolute Gasteiger partial charge is 0.378 e. The lowest BCUT2D eigenvalue weighted by Crippen LogP contribution is -2.43. The number of hydrogen-bond acceptors (Lipinski definition) is 9. The van der Waals surface area contributed by atoms with Crippen LogP contribution in [0.2, 0.25) is 0 Å². The third kappa shape index (κ3) is 4.06. The van der Waals surface area contributed by atoms with Crippen molar-refractivity contribution in [1.29, 1.82) is 5.26 Å². The quantitative estimate of drug-likeness (QED) is 0.850. The molecule has 0 spiro atoms. The average Bonchev–Trinajstić information content (AvgIpc) is 2.75. The third-order valence-electron chi connectivity index (χ3n) is 4.79. The van der Waals surface area contributed by atoms with E-state index < -0.39 is 0 Å². The van der Waals surface area contributed by atoms with Crippen LogP contribution in [0.25, 0.3) is 0 Å². The lowest BCUT2D eigenvalue weighted by molar-refractivity contribution is 0.122. The first-order valence-corrected chi connectivity index (χ1v) is 9.22. The molecule has 1 atom stereocenters. The van der Waals surface area contributed by atoms with Crippen molar-refractivity contribution in [1.82, 2.24) is 19.9 Å². The molecule has 0 aliphatic carbocycles. The van der Waals surface area contributed by atoms with Gasteiger partial charge in [-0.3, -0.25) is 0 Å². The second kappa shape index (κ2) is 8.14. The fourth-order valence-corrected chi connectivity index (χ4v) is 3.48. The summed E-state index contributed by atoms with van der Waals surface area (Å²) in [5.74, 6) is 2.21. The molecule has 4 heterocycles. The standard InChI is InChI=1S/C18H22N8O/c19-12-15-17(21-6-5-20-15)26-7-1-2-14(13-26)23-16-3-4-22-18(24-16)25-8-10-27-11-9-25/h3-6,14H,1-2,7-11,13H2,(H,22,23,24). The second-order valence-electron chi connectivity index (χ2n) is 6.61. The topological polar surface area (TPSA) is 103 Å². The molecule has 2 aromatic rings. The number of morpholine rings is 1. The van der Waals surface area contributed by atoms with Gasteiger partial charge >= 0.3 is 0 Å². The predicted molar refractivity (Wildman–Crippen MR) is 101 cm³/mol. The Labute approximate surface area is 158 Å². The molecule has 1 unspecified atom stereocenters. The van der Waals surface area contributed by atoms with Gasteiger partial charge in [0.1, 0.15) is 11.9 Å². The van der Waals surface area contributed by atoms with Gasteiger partial charge in [0.05, 0.1) is 13.2 Å². The molecule has 0 aromatic carbocycles. The van der Waals surface area contributed by atoms with Crippen molar-refractivity contribution in [2.45, 2.75) is 18.9 Å². The number of nitriles is 1. The minimum Gasteiger partial charge on any atom is -0.378 e. The van der Waals surface area contributed by atoms with E-state index in [0.717, 1.165) is 50.8 Å². The number of anilines is 3. The van der Waals surface area contributed by atoms with Crippen molar-refractivity contribution in [3.8, 4) is 6.07 Å². The van der Waals surface area contributed by atoms with Gasteiger partial charge in [-0.1, -0.05) is 0 Å². The van der Waals surface area contributed by atoms with E-state index in [0.29, 0.717) is 24.7 Å². The normalized spacial score (nSPS) is 20.2. The van der Waals surface area contributed by atoms with E-state index in [2.05, 4.69) is 41.1 Å². The number of piperidine rings is 1. The van der Waals surface area contributed by atoms with E-state index in [4.69, 9.17) is 4.74 Å². The predicted octanol–water partition coefficient (Wildman–Crippen LogP) is 1.06. The first-order chi connectivity index (χ1) is 13.3. The summed E-state index contributed by atoms with van der Waals surface area (Å²) in [6, 6.07) is 4.25. The van der Waals surface area contributed by atoms with Crippen LogP contribution in [0.4, 0.5) is 17.6 Å².